The monoisotopic (exact) mass is 333 g/mol. The fourth-order valence-electron chi connectivity index (χ4n) is 2.40. The van der Waals surface area contributed by atoms with E-state index in [2.05, 4.69) is 10.2 Å². The third kappa shape index (κ3) is 4.70. The Hall–Kier alpha value is -2.07. The van der Waals surface area contributed by atoms with Crippen molar-refractivity contribution in [3.05, 3.63) is 41.1 Å². The number of nitrogens with one attached hydrogen (secondary N) is 1. The molecule has 6 nitrogen and oxygen atoms in total. The first-order valence-electron chi connectivity index (χ1n) is 7.48. The molecule has 0 spiro atoms. The molecule has 0 unspecified atom stereocenters. The number of nitrogens with two attached hydrogens (primary N) is 1. The van der Waals surface area contributed by atoms with E-state index in [1.165, 1.54) is 6.20 Å². The van der Waals surface area contributed by atoms with E-state index in [9.17, 15) is 10.1 Å². The van der Waals surface area contributed by atoms with Crippen molar-refractivity contribution >= 4 is 23.2 Å². The van der Waals surface area contributed by atoms with Crippen LogP contribution in [0.5, 0.6) is 0 Å². The van der Waals surface area contributed by atoms with Gasteiger partial charge in [0.15, 0.2) is 0 Å². The number of halogens is 1. The maximum Gasteiger partial charge on any atom is 0.266 e. The van der Waals surface area contributed by atoms with Gasteiger partial charge in [0.05, 0.1) is 10.7 Å². The zero-order valence-corrected chi connectivity index (χ0v) is 13.6. The van der Waals surface area contributed by atoms with Gasteiger partial charge in [-0.05, 0) is 12.1 Å². The maximum atomic E-state index is 12.4. The average Bonchev–Trinajstić information content (AvgIpc) is 2.57. The number of hydrogen-bond acceptors (Lipinski definition) is 5. The van der Waals surface area contributed by atoms with E-state index in [4.69, 9.17) is 17.3 Å². The fraction of sp³-hybridized carbons (Fsp3) is 0.375. The first kappa shape index (κ1) is 17.3. The number of nitriles is 1. The van der Waals surface area contributed by atoms with Crippen LogP contribution in [0.4, 0.5) is 5.69 Å². The molecule has 23 heavy (non-hydrogen) atoms. The Morgan fingerprint density at radius 2 is 2.04 bits per heavy atom. The maximum absolute atomic E-state index is 12.4. The van der Waals surface area contributed by atoms with Crippen LogP contribution in [0.3, 0.4) is 0 Å². The van der Waals surface area contributed by atoms with Crippen LogP contribution in [0.25, 0.3) is 0 Å². The van der Waals surface area contributed by atoms with Gasteiger partial charge in [-0.1, -0.05) is 23.7 Å². The summed E-state index contributed by atoms with van der Waals surface area (Å²) in [6, 6.07) is 9.12. The molecule has 1 aromatic rings. The summed E-state index contributed by atoms with van der Waals surface area (Å²) in [5.41, 5.74) is 6.26. The number of carbonyl (C=O) groups is 1. The van der Waals surface area contributed by atoms with Crippen molar-refractivity contribution in [2.24, 2.45) is 5.73 Å². The predicted molar refractivity (Wildman–Crippen MR) is 90.8 cm³/mol. The summed E-state index contributed by atoms with van der Waals surface area (Å²) in [4.78, 5) is 16.3. The van der Waals surface area contributed by atoms with Crippen LogP contribution >= 0.6 is 11.6 Å². The number of para-hydroxylation sites is 1. The molecule has 0 bridgehead atoms. The molecular formula is C16H20ClN5O. The molecule has 1 fully saturated rings. The summed E-state index contributed by atoms with van der Waals surface area (Å²) in [5, 5.41) is 12.7. The Balaban J connectivity index is 1.98. The van der Waals surface area contributed by atoms with Crippen molar-refractivity contribution in [1.82, 2.24) is 9.80 Å². The molecule has 1 heterocycles. The van der Waals surface area contributed by atoms with Gasteiger partial charge in [-0.25, -0.2) is 0 Å². The zero-order valence-electron chi connectivity index (χ0n) is 12.8. The summed E-state index contributed by atoms with van der Waals surface area (Å²) in [6.07, 6.45) is 1.41. The predicted octanol–water partition coefficient (Wildman–Crippen LogP) is 1.26. The van der Waals surface area contributed by atoms with Crippen molar-refractivity contribution in [2.75, 3.05) is 44.6 Å². The Morgan fingerprint density at radius 1 is 1.35 bits per heavy atom. The minimum absolute atomic E-state index is 0.0668. The van der Waals surface area contributed by atoms with Crippen LogP contribution in [-0.4, -0.2) is 55.0 Å². The third-order valence-electron chi connectivity index (χ3n) is 3.70. The van der Waals surface area contributed by atoms with Crippen LogP contribution in [0.15, 0.2) is 36.0 Å². The van der Waals surface area contributed by atoms with Gasteiger partial charge >= 0.3 is 0 Å². The molecule has 7 heteroatoms. The second kappa shape index (κ2) is 8.53. The molecule has 2 rings (SSSR count). The highest BCUT2D eigenvalue weighted by Crippen LogP contribution is 2.20. The number of hydrogen-bond donors (Lipinski definition) is 2. The molecule has 0 radical (unpaired) electrons. The highest BCUT2D eigenvalue weighted by Gasteiger charge is 2.23. The first-order valence-corrected chi connectivity index (χ1v) is 7.86. The van der Waals surface area contributed by atoms with Crippen molar-refractivity contribution in [1.29, 1.82) is 5.26 Å². The minimum atomic E-state index is -0.264. The first-order chi connectivity index (χ1) is 11.2. The fourth-order valence-corrected chi connectivity index (χ4v) is 2.59. The lowest BCUT2D eigenvalue weighted by Gasteiger charge is -2.34. The number of anilines is 1. The molecule has 1 aliphatic heterocycles. The summed E-state index contributed by atoms with van der Waals surface area (Å²) in [6.45, 7) is 4.20. The van der Waals surface area contributed by atoms with Crippen molar-refractivity contribution < 1.29 is 4.79 Å². The van der Waals surface area contributed by atoms with Crippen LogP contribution in [0, 0.1) is 11.3 Å². The molecule has 1 amide bonds. The molecule has 0 atom stereocenters. The summed E-state index contributed by atoms with van der Waals surface area (Å²) < 4.78 is 0. The molecule has 1 saturated heterocycles. The second-order valence-corrected chi connectivity index (χ2v) is 5.62. The van der Waals surface area contributed by atoms with Gasteiger partial charge in [-0.2, -0.15) is 5.26 Å². The summed E-state index contributed by atoms with van der Waals surface area (Å²) in [5.74, 6) is -0.264. The molecule has 0 saturated carbocycles. The number of piperazine rings is 1. The topological polar surface area (TPSA) is 85.4 Å². The van der Waals surface area contributed by atoms with Gasteiger partial charge in [-0.15, -0.1) is 0 Å². The molecule has 3 N–H and O–H groups in total. The Kier molecular flexibility index (Phi) is 6.41. The summed E-state index contributed by atoms with van der Waals surface area (Å²) >= 11 is 6.04. The van der Waals surface area contributed by atoms with Crippen molar-refractivity contribution in [3.63, 3.8) is 0 Å². The SMILES string of the molecule is N#C/C(=C/Nc1ccccc1Cl)C(=O)N1CCN(CCN)CC1. The van der Waals surface area contributed by atoms with Gasteiger partial charge in [0.1, 0.15) is 11.6 Å². The van der Waals surface area contributed by atoms with E-state index in [-0.39, 0.29) is 11.5 Å². The van der Waals surface area contributed by atoms with Gasteiger partial charge in [-0.3, -0.25) is 9.69 Å². The van der Waals surface area contributed by atoms with Crippen LogP contribution in [0.1, 0.15) is 0 Å². The number of nitrogens with zero attached hydrogens (tertiary/aromatic N) is 3. The van der Waals surface area contributed by atoms with E-state index < -0.39 is 0 Å². The second-order valence-electron chi connectivity index (χ2n) is 5.22. The van der Waals surface area contributed by atoms with Crippen LogP contribution in [0.2, 0.25) is 5.02 Å². The quantitative estimate of drug-likeness (QED) is 0.626. The van der Waals surface area contributed by atoms with E-state index in [0.29, 0.717) is 30.3 Å². The molecule has 1 aliphatic rings. The van der Waals surface area contributed by atoms with Gasteiger partial charge in [0.2, 0.25) is 0 Å². The van der Waals surface area contributed by atoms with E-state index in [1.54, 1.807) is 17.0 Å². The number of carbonyl (C=O) groups excluding carboxylic acids is 1. The van der Waals surface area contributed by atoms with Gasteiger partial charge < -0.3 is 16.0 Å². The lowest BCUT2D eigenvalue weighted by Crippen LogP contribution is -2.50. The number of benzene rings is 1. The standard InChI is InChI=1S/C16H20ClN5O/c17-14-3-1-2-4-15(14)20-12-13(11-19)16(23)22-9-7-21(6-5-18)8-10-22/h1-4,12,20H,5-10,18H2/b13-12-. The number of rotatable bonds is 5. The Morgan fingerprint density at radius 3 is 2.65 bits per heavy atom. The van der Waals surface area contributed by atoms with Crippen LogP contribution < -0.4 is 11.1 Å². The largest absolute Gasteiger partial charge is 0.359 e. The average molecular weight is 334 g/mol. The van der Waals surface area contributed by atoms with Gasteiger partial charge in [0.25, 0.3) is 5.91 Å². The zero-order chi connectivity index (χ0) is 16.7. The van der Waals surface area contributed by atoms with Gasteiger partial charge in [0, 0.05) is 45.5 Å². The molecule has 0 aromatic heterocycles. The van der Waals surface area contributed by atoms with E-state index in [1.807, 2.05) is 18.2 Å². The number of amides is 1. The van der Waals surface area contributed by atoms with Crippen molar-refractivity contribution in [3.8, 4) is 6.07 Å². The molecule has 1 aromatic carbocycles. The lowest BCUT2D eigenvalue weighted by molar-refractivity contribution is -0.128. The Bertz CT molecular complexity index is 617. The lowest BCUT2D eigenvalue weighted by atomic mass is 10.2. The smallest absolute Gasteiger partial charge is 0.266 e. The molecule has 122 valence electrons. The molecular weight excluding hydrogens is 314 g/mol. The van der Waals surface area contributed by atoms with E-state index >= 15 is 0 Å². The third-order valence-corrected chi connectivity index (χ3v) is 4.03. The minimum Gasteiger partial charge on any atom is -0.359 e. The highest BCUT2D eigenvalue weighted by atomic mass is 35.5. The van der Waals surface area contributed by atoms with Crippen molar-refractivity contribution in [2.45, 2.75) is 0 Å². The van der Waals surface area contributed by atoms with E-state index in [0.717, 1.165) is 19.6 Å². The molecule has 0 aliphatic carbocycles. The van der Waals surface area contributed by atoms with Crippen LogP contribution in [-0.2, 0) is 4.79 Å². The summed E-state index contributed by atoms with van der Waals surface area (Å²) in [7, 11) is 0. The normalized spacial score (nSPS) is 16.0. The Labute approximate surface area is 141 Å². The highest BCUT2D eigenvalue weighted by molar-refractivity contribution is 6.33.